The molecule has 0 heterocycles. The van der Waals surface area contributed by atoms with Crippen LogP contribution in [-0.2, 0) is 14.3 Å². The lowest BCUT2D eigenvalue weighted by atomic mass is 10.1. The highest BCUT2D eigenvalue weighted by atomic mass is 35.5. The van der Waals surface area contributed by atoms with Crippen molar-refractivity contribution in [2.45, 2.75) is 44.9 Å². The summed E-state index contributed by atoms with van der Waals surface area (Å²) in [6.45, 7) is 4.67. The van der Waals surface area contributed by atoms with Crippen molar-refractivity contribution in [2.75, 3.05) is 0 Å². The van der Waals surface area contributed by atoms with Gasteiger partial charge in [0.25, 0.3) is 0 Å². The van der Waals surface area contributed by atoms with E-state index in [1.807, 2.05) is 5.32 Å². The van der Waals surface area contributed by atoms with Gasteiger partial charge >= 0.3 is 23.7 Å². The summed E-state index contributed by atoms with van der Waals surface area (Å²) >= 11 is 5.85. The molecule has 0 spiro atoms. The summed E-state index contributed by atoms with van der Waals surface area (Å²) in [4.78, 5) is 44.9. The maximum Gasteiger partial charge on any atom is 0.408 e. The zero-order valence-electron chi connectivity index (χ0n) is 15.2. The van der Waals surface area contributed by atoms with Crippen LogP contribution in [0.5, 0.6) is 5.75 Å². The van der Waals surface area contributed by atoms with Gasteiger partial charge in [-0.3, -0.25) is 10.1 Å². The van der Waals surface area contributed by atoms with Gasteiger partial charge in [-0.05, 0) is 26.8 Å². The smallest absolute Gasteiger partial charge is 0.408 e. The Morgan fingerprint density at radius 2 is 1.86 bits per heavy atom. The highest BCUT2D eigenvalue weighted by molar-refractivity contribution is 6.32. The molecule has 28 heavy (non-hydrogen) atoms. The lowest BCUT2D eigenvalue weighted by Crippen LogP contribution is -2.47. The molecule has 0 bridgehead atoms. The monoisotopic (exact) mass is 418 g/mol. The van der Waals surface area contributed by atoms with Gasteiger partial charge in [-0.2, -0.15) is 0 Å². The standard InChI is InChI=1S/C16H19ClN2O9/c1-16(2,3)28-15(24)18-9(13(20)21)7-11(14(22)23)27-12-8(17)5-4-6-10(12)19(25)26/h4-6,9,11H,7H2,1-3H3,(H,18,24)(H,20,21)(H,22,23). The van der Waals surface area contributed by atoms with Crippen LogP contribution in [0.15, 0.2) is 18.2 Å². The molecule has 1 aromatic carbocycles. The summed E-state index contributed by atoms with van der Waals surface area (Å²) < 4.78 is 10.1. The third kappa shape index (κ3) is 6.91. The second-order valence-electron chi connectivity index (χ2n) is 6.56. The molecule has 0 radical (unpaired) electrons. The SMILES string of the molecule is CC(C)(C)OC(=O)NC(CC(Oc1c(Cl)cccc1[N+](=O)[O-])C(=O)O)C(=O)O. The number of carboxylic acid groups (broad SMARTS) is 2. The van der Waals surface area contributed by atoms with Crippen LogP contribution in [0.2, 0.25) is 5.02 Å². The maximum absolute atomic E-state index is 11.8. The molecule has 154 valence electrons. The molecule has 1 aromatic rings. The Hall–Kier alpha value is -3.08. The number of amides is 1. The van der Waals surface area contributed by atoms with Crippen molar-refractivity contribution in [2.24, 2.45) is 0 Å². The number of hydrogen-bond acceptors (Lipinski definition) is 7. The van der Waals surface area contributed by atoms with Gasteiger partial charge in [0.1, 0.15) is 11.6 Å². The van der Waals surface area contributed by atoms with Gasteiger partial charge in [0.05, 0.1) is 9.95 Å². The first-order valence-electron chi connectivity index (χ1n) is 7.86. The number of nitro benzene ring substituents is 1. The normalized spacial score (nSPS) is 13.1. The van der Waals surface area contributed by atoms with Crippen molar-refractivity contribution >= 4 is 35.3 Å². The van der Waals surface area contributed by atoms with Crippen LogP contribution in [0.25, 0.3) is 0 Å². The number of alkyl carbamates (subject to hydrolysis) is 1. The molecule has 0 saturated carbocycles. The Balaban J connectivity index is 3.05. The fourth-order valence-electron chi connectivity index (χ4n) is 1.98. The van der Waals surface area contributed by atoms with Crippen molar-refractivity contribution in [1.82, 2.24) is 5.32 Å². The number of hydrogen-bond donors (Lipinski definition) is 3. The number of carboxylic acids is 2. The Kier molecular flexibility index (Phi) is 7.56. The molecule has 0 fully saturated rings. The van der Waals surface area contributed by atoms with Crippen LogP contribution in [0.4, 0.5) is 10.5 Å². The Morgan fingerprint density at radius 1 is 1.25 bits per heavy atom. The lowest BCUT2D eigenvalue weighted by Gasteiger charge is -2.23. The summed E-state index contributed by atoms with van der Waals surface area (Å²) in [7, 11) is 0. The van der Waals surface area contributed by atoms with Gasteiger partial charge < -0.3 is 25.0 Å². The Labute approximate surface area is 164 Å². The molecule has 3 N–H and O–H groups in total. The van der Waals surface area contributed by atoms with Crippen molar-refractivity contribution in [3.8, 4) is 5.75 Å². The fourth-order valence-corrected chi connectivity index (χ4v) is 2.20. The summed E-state index contributed by atoms with van der Waals surface area (Å²) in [5, 5.41) is 31.5. The molecule has 2 unspecified atom stereocenters. The number of halogens is 1. The lowest BCUT2D eigenvalue weighted by molar-refractivity contribution is -0.386. The van der Waals surface area contributed by atoms with Gasteiger partial charge in [-0.25, -0.2) is 14.4 Å². The molecule has 11 nitrogen and oxygen atoms in total. The average Bonchev–Trinajstić information content (AvgIpc) is 2.52. The second kappa shape index (κ2) is 9.22. The van der Waals surface area contributed by atoms with E-state index in [-0.39, 0.29) is 5.02 Å². The molecule has 0 saturated heterocycles. The number of carbonyl (C=O) groups excluding carboxylic acids is 1. The third-order valence-electron chi connectivity index (χ3n) is 3.12. The van der Waals surface area contributed by atoms with Crippen molar-refractivity contribution in [3.05, 3.63) is 33.3 Å². The van der Waals surface area contributed by atoms with E-state index in [1.165, 1.54) is 12.1 Å². The third-order valence-corrected chi connectivity index (χ3v) is 3.41. The number of ether oxygens (including phenoxy) is 2. The van der Waals surface area contributed by atoms with Crippen molar-refractivity contribution < 1.29 is 39.0 Å². The number of carbonyl (C=O) groups is 3. The summed E-state index contributed by atoms with van der Waals surface area (Å²) in [6.07, 6.45) is -3.67. The predicted molar refractivity (Wildman–Crippen MR) is 95.6 cm³/mol. The topological polar surface area (TPSA) is 165 Å². The van der Waals surface area contributed by atoms with Crippen LogP contribution >= 0.6 is 11.6 Å². The number of aliphatic carboxylic acids is 2. The second-order valence-corrected chi connectivity index (χ2v) is 6.97. The van der Waals surface area contributed by atoms with Crippen LogP contribution in [-0.4, -0.2) is 50.9 Å². The van der Waals surface area contributed by atoms with Crippen LogP contribution < -0.4 is 10.1 Å². The largest absolute Gasteiger partial charge is 0.480 e. The summed E-state index contributed by atoms with van der Waals surface area (Å²) in [5.74, 6) is -3.68. The van der Waals surface area contributed by atoms with Crippen LogP contribution in [0, 0.1) is 10.1 Å². The van der Waals surface area contributed by atoms with E-state index in [9.17, 15) is 34.7 Å². The van der Waals surface area contributed by atoms with E-state index in [2.05, 4.69) is 0 Å². The first kappa shape index (κ1) is 23.0. The average molecular weight is 419 g/mol. The van der Waals surface area contributed by atoms with E-state index in [4.69, 9.17) is 21.1 Å². The molecular formula is C16H19ClN2O9. The van der Waals surface area contributed by atoms with Gasteiger partial charge in [0.15, 0.2) is 6.10 Å². The first-order chi connectivity index (χ1) is 12.8. The highest BCUT2D eigenvalue weighted by Gasteiger charge is 2.33. The van der Waals surface area contributed by atoms with Gasteiger partial charge in [-0.15, -0.1) is 0 Å². The quantitative estimate of drug-likeness (QED) is 0.424. The fraction of sp³-hybridized carbons (Fsp3) is 0.438. The number of nitrogens with zero attached hydrogens (tertiary/aromatic N) is 1. The Morgan fingerprint density at radius 3 is 2.32 bits per heavy atom. The number of para-hydroxylation sites is 1. The molecule has 0 aliphatic rings. The van der Waals surface area contributed by atoms with E-state index in [0.29, 0.717) is 0 Å². The molecule has 1 rings (SSSR count). The zero-order valence-corrected chi connectivity index (χ0v) is 15.9. The molecule has 12 heteroatoms. The van der Waals surface area contributed by atoms with E-state index in [0.717, 1.165) is 6.07 Å². The molecule has 0 aliphatic heterocycles. The van der Waals surface area contributed by atoms with Crippen molar-refractivity contribution in [1.29, 1.82) is 0 Å². The maximum atomic E-state index is 11.8. The molecule has 1 amide bonds. The Bertz CT molecular complexity index is 776. The highest BCUT2D eigenvalue weighted by Crippen LogP contribution is 2.35. The molecular weight excluding hydrogens is 400 g/mol. The van der Waals surface area contributed by atoms with Gasteiger partial charge in [0, 0.05) is 12.5 Å². The molecule has 0 aromatic heterocycles. The van der Waals surface area contributed by atoms with E-state index < -0.39 is 58.6 Å². The number of nitro groups is 1. The van der Waals surface area contributed by atoms with Gasteiger partial charge in [0.2, 0.25) is 5.75 Å². The zero-order chi connectivity index (χ0) is 21.6. The summed E-state index contributed by atoms with van der Waals surface area (Å²) in [5.41, 5.74) is -1.50. The summed E-state index contributed by atoms with van der Waals surface area (Å²) in [6, 6.07) is 1.87. The first-order valence-corrected chi connectivity index (χ1v) is 8.24. The van der Waals surface area contributed by atoms with Gasteiger partial charge in [-0.1, -0.05) is 17.7 Å². The number of nitrogens with one attached hydrogen (secondary N) is 1. The van der Waals surface area contributed by atoms with Crippen LogP contribution in [0.1, 0.15) is 27.2 Å². The van der Waals surface area contributed by atoms with Crippen molar-refractivity contribution in [3.63, 3.8) is 0 Å². The minimum absolute atomic E-state index is 0.229. The number of rotatable bonds is 8. The molecule has 0 aliphatic carbocycles. The minimum atomic E-state index is -1.85. The number of benzene rings is 1. The van der Waals surface area contributed by atoms with Crippen LogP contribution in [0.3, 0.4) is 0 Å². The predicted octanol–water partition coefficient (Wildman–Crippen LogP) is 2.45. The minimum Gasteiger partial charge on any atom is -0.480 e. The van der Waals surface area contributed by atoms with E-state index in [1.54, 1.807) is 20.8 Å². The molecule has 2 atom stereocenters. The van der Waals surface area contributed by atoms with E-state index >= 15 is 0 Å².